The summed E-state index contributed by atoms with van der Waals surface area (Å²) in [5.41, 5.74) is 4.15. The van der Waals surface area contributed by atoms with Gasteiger partial charge in [-0.15, -0.1) is 0 Å². The highest BCUT2D eigenvalue weighted by molar-refractivity contribution is 5.54. The van der Waals surface area contributed by atoms with Crippen LogP contribution in [0.25, 0.3) is 5.69 Å². The third kappa shape index (κ3) is 3.39. The van der Waals surface area contributed by atoms with Gasteiger partial charge in [0.15, 0.2) is 6.67 Å². The van der Waals surface area contributed by atoms with Crippen molar-refractivity contribution in [2.75, 3.05) is 18.5 Å². The topological polar surface area (TPSA) is 71.3 Å². The first-order valence-corrected chi connectivity index (χ1v) is 9.61. The highest BCUT2D eigenvalue weighted by Crippen LogP contribution is 2.21. The molecular formula is C22H25N4O2+. The molecule has 28 heavy (non-hydrogen) atoms. The third-order valence-electron chi connectivity index (χ3n) is 5.57. The molecular weight excluding hydrogens is 352 g/mol. The number of benzene rings is 2. The van der Waals surface area contributed by atoms with Crippen molar-refractivity contribution in [2.45, 2.75) is 26.8 Å². The normalized spacial score (nSPS) is 15.7. The van der Waals surface area contributed by atoms with Gasteiger partial charge in [-0.3, -0.25) is 9.78 Å². The van der Waals surface area contributed by atoms with Gasteiger partial charge in [-0.1, -0.05) is 42.5 Å². The maximum Gasteiger partial charge on any atom is 0.334 e. The molecule has 4 rings (SSSR count). The quantitative estimate of drug-likeness (QED) is 0.639. The molecule has 0 bridgehead atoms. The van der Waals surface area contributed by atoms with Gasteiger partial charge >= 0.3 is 5.69 Å². The Labute approximate surface area is 163 Å². The van der Waals surface area contributed by atoms with E-state index < -0.39 is 5.69 Å². The van der Waals surface area contributed by atoms with Crippen molar-refractivity contribution in [3.63, 3.8) is 0 Å². The van der Waals surface area contributed by atoms with Crippen LogP contribution in [-0.4, -0.2) is 22.8 Å². The van der Waals surface area contributed by atoms with Crippen molar-refractivity contribution in [3.8, 4) is 5.69 Å². The van der Waals surface area contributed by atoms with Gasteiger partial charge in [-0.05, 0) is 36.6 Å². The number of anilines is 1. The summed E-state index contributed by atoms with van der Waals surface area (Å²) in [5.74, 6) is 0.617. The molecule has 0 aliphatic carbocycles. The van der Waals surface area contributed by atoms with Crippen molar-refractivity contribution < 1.29 is 4.90 Å². The average Bonchev–Trinajstić information content (AvgIpc) is 2.70. The zero-order valence-electron chi connectivity index (χ0n) is 16.2. The van der Waals surface area contributed by atoms with Crippen LogP contribution in [0.4, 0.5) is 5.82 Å². The highest BCUT2D eigenvalue weighted by Gasteiger charge is 2.26. The maximum absolute atomic E-state index is 12.6. The summed E-state index contributed by atoms with van der Waals surface area (Å²) in [5, 5.41) is 3.35. The second-order valence-electron chi connectivity index (χ2n) is 7.41. The fourth-order valence-electron chi connectivity index (χ4n) is 3.79. The monoisotopic (exact) mass is 377 g/mol. The average molecular weight is 377 g/mol. The zero-order valence-corrected chi connectivity index (χ0v) is 16.2. The van der Waals surface area contributed by atoms with E-state index in [1.54, 1.807) is 4.57 Å². The molecule has 1 aliphatic heterocycles. The zero-order chi connectivity index (χ0) is 19.7. The van der Waals surface area contributed by atoms with Gasteiger partial charge in [-0.25, -0.2) is 9.36 Å². The number of aryl methyl sites for hydroxylation is 1. The maximum atomic E-state index is 12.6. The van der Waals surface area contributed by atoms with Crippen LogP contribution in [0.1, 0.15) is 22.3 Å². The van der Waals surface area contributed by atoms with Gasteiger partial charge in [0.2, 0.25) is 0 Å². The van der Waals surface area contributed by atoms with Crippen LogP contribution in [0, 0.1) is 13.8 Å². The molecule has 1 atom stereocenters. The molecule has 6 heteroatoms. The van der Waals surface area contributed by atoms with Gasteiger partial charge in [0, 0.05) is 6.42 Å². The number of hydrogen-bond acceptors (Lipinski definition) is 3. The van der Waals surface area contributed by atoms with E-state index in [1.165, 1.54) is 10.5 Å². The molecule has 1 aromatic heterocycles. The van der Waals surface area contributed by atoms with E-state index in [4.69, 9.17) is 0 Å². The van der Waals surface area contributed by atoms with Gasteiger partial charge < -0.3 is 10.2 Å². The number of quaternary nitrogens is 1. The molecule has 3 N–H and O–H groups in total. The number of nitrogens with one attached hydrogen (secondary N) is 3. The number of nitrogens with zero attached hydrogens (tertiary/aromatic N) is 1. The van der Waals surface area contributed by atoms with Crippen molar-refractivity contribution in [2.24, 2.45) is 0 Å². The van der Waals surface area contributed by atoms with Gasteiger partial charge in [-0.2, -0.15) is 0 Å². The van der Waals surface area contributed by atoms with E-state index in [9.17, 15) is 9.59 Å². The lowest BCUT2D eigenvalue weighted by Crippen LogP contribution is -3.13. The Balaban J connectivity index is 1.67. The molecule has 144 valence electrons. The van der Waals surface area contributed by atoms with E-state index in [1.807, 2.05) is 50.2 Å². The number of aromatic amines is 1. The molecule has 0 radical (unpaired) electrons. The predicted molar refractivity (Wildman–Crippen MR) is 110 cm³/mol. The van der Waals surface area contributed by atoms with Gasteiger partial charge in [0.05, 0.1) is 12.2 Å². The Kier molecular flexibility index (Phi) is 4.88. The van der Waals surface area contributed by atoms with Gasteiger partial charge in [0.1, 0.15) is 17.9 Å². The molecule has 0 spiro atoms. The summed E-state index contributed by atoms with van der Waals surface area (Å²) in [6.45, 7) is 6.20. The first-order chi connectivity index (χ1) is 13.5. The van der Waals surface area contributed by atoms with Crippen molar-refractivity contribution in [1.29, 1.82) is 0 Å². The van der Waals surface area contributed by atoms with Crippen LogP contribution in [0.2, 0.25) is 0 Å². The summed E-state index contributed by atoms with van der Waals surface area (Å²) >= 11 is 0. The number of aromatic nitrogens is 2. The van der Waals surface area contributed by atoms with Crippen molar-refractivity contribution >= 4 is 5.82 Å². The smallest absolute Gasteiger partial charge is 0.324 e. The number of H-pyrrole nitrogens is 1. The molecule has 0 saturated heterocycles. The minimum atomic E-state index is -0.405. The second kappa shape index (κ2) is 7.48. The fraction of sp³-hybridized carbons (Fsp3) is 0.273. The minimum Gasteiger partial charge on any atom is -0.324 e. The first-order valence-electron chi connectivity index (χ1n) is 9.61. The van der Waals surface area contributed by atoms with E-state index in [-0.39, 0.29) is 5.56 Å². The molecule has 6 nitrogen and oxygen atoms in total. The summed E-state index contributed by atoms with van der Waals surface area (Å²) in [6.07, 6.45) is 0.946. The van der Waals surface area contributed by atoms with Crippen LogP contribution in [-0.2, 0) is 13.0 Å². The van der Waals surface area contributed by atoms with Crippen LogP contribution in [0.5, 0.6) is 0 Å². The highest BCUT2D eigenvalue weighted by atomic mass is 16.2. The van der Waals surface area contributed by atoms with E-state index in [0.29, 0.717) is 24.6 Å². The lowest BCUT2D eigenvalue weighted by molar-refractivity contribution is -0.912. The number of rotatable bonds is 4. The molecule has 0 fully saturated rings. The van der Waals surface area contributed by atoms with E-state index >= 15 is 0 Å². The molecule has 0 amide bonds. The Morgan fingerprint density at radius 1 is 1.04 bits per heavy atom. The predicted octanol–water partition coefficient (Wildman–Crippen LogP) is 1.15. The van der Waals surface area contributed by atoms with Crippen LogP contribution < -0.4 is 21.5 Å². The van der Waals surface area contributed by atoms with Crippen molar-refractivity contribution in [3.05, 3.63) is 91.6 Å². The Hall–Kier alpha value is -3.12. The number of hydrogen-bond donors (Lipinski definition) is 3. The molecule has 3 aromatic rings. The van der Waals surface area contributed by atoms with Crippen LogP contribution >= 0.6 is 0 Å². The molecule has 2 aromatic carbocycles. The standard InChI is InChI=1S/C22H24N4O2/c1-15-7-6-10-19(16(15)2)26-20-18(21(27)24-22(26)28)13-25(14-23-20)12-11-17-8-4-3-5-9-17/h3-10,23H,11-14H2,1-2H3,(H,24,27,28)/p+1. The van der Waals surface area contributed by atoms with Crippen LogP contribution in [0.3, 0.4) is 0 Å². The Bertz CT molecular complexity index is 1120. The first kappa shape index (κ1) is 18.3. The fourth-order valence-corrected chi connectivity index (χ4v) is 3.79. The SMILES string of the molecule is Cc1cccc(-n2c3c(c(=O)[nH]c2=O)C[NH+](CCc2ccccc2)CN3)c1C. The lowest BCUT2D eigenvalue weighted by atomic mass is 10.1. The van der Waals surface area contributed by atoms with E-state index in [2.05, 4.69) is 22.4 Å². The summed E-state index contributed by atoms with van der Waals surface area (Å²) in [4.78, 5) is 28.9. The summed E-state index contributed by atoms with van der Waals surface area (Å²) in [6, 6.07) is 16.2. The lowest BCUT2D eigenvalue weighted by Gasteiger charge is -2.28. The third-order valence-corrected chi connectivity index (χ3v) is 5.57. The molecule has 1 unspecified atom stereocenters. The number of fused-ring (bicyclic) bond motifs is 1. The molecule has 2 heterocycles. The summed E-state index contributed by atoms with van der Waals surface area (Å²) in [7, 11) is 0. The van der Waals surface area contributed by atoms with E-state index in [0.717, 1.165) is 29.8 Å². The second-order valence-corrected chi connectivity index (χ2v) is 7.41. The summed E-state index contributed by atoms with van der Waals surface area (Å²) < 4.78 is 1.60. The minimum absolute atomic E-state index is 0.300. The van der Waals surface area contributed by atoms with Crippen LogP contribution in [0.15, 0.2) is 58.1 Å². The largest absolute Gasteiger partial charge is 0.334 e. The van der Waals surface area contributed by atoms with Gasteiger partial charge in [0.25, 0.3) is 5.56 Å². The van der Waals surface area contributed by atoms with Crippen molar-refractivity contribution in [1.82, 2.24) is 9.55 Å². The Morgan fingerprint density at radius 3 is 2.61 bits per heavy atom. The molecule has 1 aliphatic rings. The molecule has 0 saturated carbocycles. The Morgan fingerprint density at radius 2 is 1.82 bits per heavy atom.